The van der Waals surface area contributed by atoms with Crippen LogP contribution >= 0.6 is 0 Å². The Labute approximate surface area is 147 Å². The SMILES string of the molecule is CNCCOCCNC(=O)c1cc(NC(=O)[C@H]2CCC(C)O2)ccn1. The number of anilines is 1. The topological polar surface area (TPSA) is 102 Å². The van der Waals surface area contributed by atoms with Crippen LogP contribution < -0.4 is 16.0 Å². The maximum atomic E-state index is 12.2. The summed E-state index contributed by atoms with van der Waals surface area (Å²) in [5, 5.41) is 8.48. The molecule has 1 aliphatic rings. The number of aromatic nitrogens is 1. The minimum Gasteiger partial charge on any atom is -0.378 e. The zero-order valence-corrected chi connectivity index (χ0v) is 14.7. The minimum absolute atomic E-state index is 0.102. The van der Waals surface area contributed by atoms with Gasteiger partial charge >= 0.3 is 0 Å². The first-order valence-electron chi connectivity index (χ1n) is 8.53. The van der Waals surface area contributed by atoms with Crippen molar-refractivity contribution in [2.45, 2.75) is 32.0 Å². The lowest BCUT2D eigenvalue weighted by atomic mass is 10.2. The zero-order chi connectivity index (χ0) is 18.1. The molecule has 8 nitrogen and oxygen atoms in total. The molecule has 0 bridgehead atoms. The summed E-state index contributed by atoms with van der Waals surface area (Å²) in [5.74, 6) is -0.501. The highest BCUT2D eigenvalue weighted by Crippen LogP contribution is 2.20. The Hall–Kier alpha value is -2.03. The lowest BCUT2D eigenvalue weighted by Gasteiger charge is -2.12. The number of rotatable bonds is 9. The van der Waals surface area contributed by atoms with E-state index in [0.29, 0.717) is 31.9 Å². The minimum atomic E-state index is -0.435. The summed E-state index contributed by atoms with van der Waals surface area (Å²) in [6.07, 6.45) is 2.74. The first-order chi connectivity index (χ1) is 12.1. The van der Waals surface area contributed by atoms with Crippen LogP contribution in [0.15, 0.2) is 18.3 Å². The second-order valence-electron chi connectivity index (χ2n) is 5.90. The standard InChI is InChI=1S/C17H26N4O4/c1-12-3-4-15(25-12)17(23)21-13-5-6-19-14(11-13)16(22)20-8-10-24-9-7-18-2/h5-6,11-12,15,18H,3-4,7-10H2,1-2H3,(H,20,22)(H,19,21,23)/t12?,15-/m1/s1. The van der Waals surface area contributed by atoms with Crippen LogP contribution in [0.1, 0.15) is 30.3 Å². The summed E-state index contributed by atoms with van der Waals surface area (Å²) in [6, 6.07) is 3.20. The monoisotopic (exact) mass is 350 g/mol. The van der Waals surface area contributed by atoms with E-state index in [1.165, 1.54) is 6.20 Å². The fourth-order valence-electron chi connectivity index (χ4n) is 2.45. The molecule has 0 aliphatic carbocycles. The molecule has 3 N–H and O–H groups in total. The Morgan fingerprint density at radius 1 is 1.32 bits per heavy atom. The Morgan fingerprint density at radius 3 is 2.84 bits per heavy atom. The highest BCUT2D eigenvalue weighted by atomic mass is 16.5. The predicted octanol–water partition coefficient (Wildman–Crippen LogP) is 0.553. The number of hydrogen-bond acceptors (Lipinski definition) is 6. The summed E-state index contributed by atoms with van der Waals surface area (Å²) in [5.41, 5.74) is 0.771. The van der Waals surface area contributed by atoms with Gasteiger partial charge in [0.15, 0.2) is 0 Å². The van der Waals surface area contributed by atoms with E-state index in [1.54, 1.807) is 12.1 Å². The zero-order valence-electron chi connectivity index (χ0n) is 14.7. The van der Waals surface area contributed by atoms with Crippen molar-refractivity contribution in [3.63, 3.8) is 0 Å². The molecule has 1 aromatic heterocycles. The predicted molar refractivity (Wildman–Crippen MR) is 93.5 cm³/mol. The number of pyridine rings is 1. The average molecular weight is 350 g/mol. The lowest BCUT2D eigenvalue weighted by Crippen LogP contribution is -2.29. The van der Waals surface area contributed by atoms with E-state index < -0.39 is 6.10 Å². The molecule has 0 saturated carbocycles. The average Bonchev–Trinajstić information content (AvgIpc) is 3.04. The second-order valence-corrected chi connectivity index (χ2v) is 5.90. The van der Waals surface area contributed by atoms with E-state index in [4.69, 9.17) is 9.47 Å². The van der Waals surface area contributed by atoms with Crippen LogP contribution in [-0.2, 0) is 14.3 Å². The van der Waals surface area contributed by atoms with Gasteiger partial charge in [0.25, 0.3) is 11.8 Å². The van der Waals surface area contributed by atoms with Crippen LogP contribution in [0.2, 0.25) is 0 Å². The number of likely N-dealkylation sites (N-methyl/N-ethyl adjacent to an activating group) is 1. The van der Waals surface area contributed by atoms with Crippen molar-refractivity contribution in [1.82, 2.24) is 15.6 Å². The first-order valence-corrected chi connectivity index (χ1v) is 8.53. The molecule has 0 spiro atoms. The molecule has 0 radical (unpaired) electrons. The molecular weight excluding hydrogens is 324 g/mol. The molecule has 138 valence electrons. The lowest BCUT2D eigenvalue weighted by molar-refractivity contribution is -0.126. The summed E-state index contributed by atoms with van der Waals surface area (Å²) >= 11 is 0. The molecule has 1 unspecified atom stereocenters. The van der Waals surface area contributed by atoms with Crippen molar-refractivity contribution < 1.29 is 19.1 Å². The molecule has 25 heavy (non-hydrogen) atoms. The molecule has 8 heteroatoms. The van der Waals surface area contributed by atoms with Gasteiger partial charge in [0, 0.05) is 25.0 Å². The molecule has 1 aliphatic heterocycles. The third-order valence-corrected chi connectivity index (χ3v) is 3.81. The first kappa shape index (κ1) is 19.3. The van der Waals surface area contributed by atoms with E-state index >= 15 is 0 Å². The van der Waals surface area contributed by atoms with Gasteiger partial charge in [-0.05, 0) is 38.9 Å². The highest BCUT2D eigenvalue weighted by Gasteiger charge is 2.28. The number of nitrogens with one attached hydrogen (secondary N) is 3. The number of hydrogen-bond donors (Lipinski definition) is 3. The van der Waals surface area contributed by atoms with Crippen molar-refractivity contribution in [3.8, 4) is 0 Å². The van der Waals surface area contributed by atoms with Crippen LogP contribution in [0.3, 0.4) is 0 Å². The van der Waals surface area contributed by atoms with Crippen molar-refractivity contribution >= 4 is 17.5 Å². The highest BCUT2D eigenvalue weighted by molar-refractivity contribution is 5.97. The van der Waals surface area contributed by atoms with Gasteiger partial charge in [0.1, 0.15) is 11.8 Å². The van der Waals surface area contributed by atoms with Gasteiger partial charge in [0.2, 0.25) is 0 Å². The van der Waals surface area contributed by atoms with Gasteiger partial charge in [0.05, 0.1) is 19.3 Å². The van der Waals surface area contributed by atoms with Gasteiger partial charge in [-0.1, -0.05) is 0 Å². The maximum absolute atomic E-state index is 12.2. The Balaban J connectivity index is 1.79. The number of amides is 2. The summed E-state index contributed by atoms with van der Waals surface area (Å²) in [6.45, 7) is 4.13. The second kappa shape index (κ2) is 10.1. The van der Waals surface area contributed by atoms with Gasteiger partial charge in [-0.25, -0.2) is 0 Å². The molecule has 0 aromatic carbocycles. The van der Waals surface area contributed by atoms with Crippen molar-refractivity contribution in [2.24, 2.45) is 0 Å². The molecule has 2 amide bonds. The van der Waals surface area contributed by atoms with Crippen molar-refractivity contribution in [2.75, 3.05) is 38.7 Å². The van der Waals surface area contributed by atoms with E-state index in [0.717, 1.165) is 13.0 Å². The van der Waals surface area contributed by atoms with Gasteiger partial charge < -0.3 is 25.4 Å². The fraction of sp³-hybridized carbons (Fsp3) is 0.588. The molecule has 1 saturated heterocycles. The van der Waals surface area contributed by atoms with E-state index in [-0.39, 0.29) is 23.6 Å². The van der Waals surface area contributed by atoms with Gasteiger partial charge in [-0.15, -0.1) is 0 Å². The third kappa shape index (κ3) is 6.41. The summed E-state index contributed by atoms with van der Waals surface area (Å²) < 4.78 is 10.9. The fourth-order valence-corrected chi connectivity index (χ4v) is 2.45. The number of carbonyl (C=O) groups is 2. The molecular formula is C17H26N4O4. The Bertz CT molecular complexity index is 582. The van der Waals surface area contributed by atoms with Crippen LogP contribution in [0.5, 0.6) is 0 Å². The Kier molecular flexibility index (Phi) is 7.77. The van der Waals surface area contributed by atoms with Crippen LogP contribution in [0.4, 0.5) is 5.69 Å². The number of carbonyl (C=O) groups excluding carboxylic acids is 2. The Morgan fingerprint density at radius 2 is 2.12 bits per heavy atom. The van der Waals surface area contributed by atoms with Gasteiger partial charge in [-0.2, -0.15) is 0 Å². The molecule has 1 aromatic rings. The van der Waals surface area contributed by atoms with Crippen molar-refractivity contribution in [1.29, 1.82) is 0 Å². The molecule has 2 heterocycles. The van der Waals surface area contributed by atoms with Crippen molar-refractivity contribution in [3.05, 3.63) is 24.0 Å². The van der Waals surface area contributed by atoms with Crippen LogP contribution in [-0.4, -0.2) is 62.4 Å². The van der Waals surface area contributed by atoms with E-state index in [9.17, 15) is 9.59 Å². The molecule has 1 fully saturated rings. The van der Waals surface area contributed by atoms with Crippen LogP contribution in [0.25, 0.3) is 0 Å². The summed E-state index contributed by atoms with van der Waals surface area (Å²) in [7, 11) is 1.85. The largest absolute Gasteiger partial charge is 0.378 e. The van der Waals surface area contributed by atoms with E-state index in [2.05, 4.69) is 20.9 Å². The third-order valence-electron chi connectivity index (χ3n) is 3.81. The number of nitrogens with zero attached hydrogens (tertiary/aromatic N) is 1. The van der Waals surface area contributed by atoms with E-state index in [1.807, 2.05) is 14.0 Å². The van der Waals surface area contributed by atoms with Gasteiger partial charge in [-0.3, -0.25) is 14.6 Å². The van der Waals surface area contributed by atoms with Crippen LogP contribution in [0, 0.1) is 0 Å². The molecule has 2 atom stereocenters. The maximum Gasteiger partial charge on any atom is 0.270 e. The number of ether oxygens (including phenoxy) is 2. The normalized spacial score (nSPS) is 19.6. The summed E-state index contributed by atoms with van der Waals surface area (Å²) in [4.78, 5) is 28.3. The quantitative estimate of drug-likeness (QED) is 0.562. The molecule has 2 rings (SSSR count). The smallest absolute Gasteiger partial charge is 0.270 e.